The van der Waals surface area contributed by atoms with Crippen LogP contribution in [-0.4, -0.2) is 19.5 Å². The van der Waals surface area contributed by atoms with Gasteiger partial charge in [-0.2, -0.15) is 0 Å². The van der Waals surface area contributed by atoms with E-state index in [4.69, 9.17) is 16.7 Å². The van der Waals surface area contributed by atoms with Crippen molar-refractivity contribution in [2.45, 2.75) is 4.90 Å². The Balaban J connectivity index is 2.49. The van der Waals surface area contributed by atoms with Gasteiger partial charge >= 0.3 is 5.97 Å². The van der Waals surface area contributed by atoms with Crippen LogP contribution in [0.2, 0.25) is 5.02 Å². The van der Waals surface area contributed by atoms with Crippen molar-refractivity contribution in [2.24, 2.45) is 0 Å². The lowest BCUT2D eigenvalue weighted by Crippen LogP contribution is -2.16. The number of halogens is 2. The number of rotatable bonds is 4. The van der Waals surface area contributed by atoms with Crippen molar-refractivity contribution in [1.29, 1.82) is 0 Å². The standard InChI is InChI=1S/C13H9BrClNO4S/c14-8-3-1-4-9(7-8)21(19,20)16-12-10(13(17)18)5-2-6-11(12)15/h1-7,16H,(H,17,18). The van der Waals surface area contributed by atoms with Gasteiger partial charge in [-0.15, -0.1) is 0 Å². The molecule has 0 unspecified atom stereocenters. The highest BCUT2D eigenvalue weighted by atomic mass is 79.9. The topological polar surface area (TPSA) is 83.5 Å². The summed E-state index contributed by atoms with van der Waals surface area (Å²) < 4.78 is 27.4. The summed E-state index contributed by atoms with van der Waals surface area (Å²) in [7, 11) is -3.94. The minimum absolute atomic E-state index is 0.00636. The molecule has 0 aromatic heterocycles. The molecule has 2 rings (SSSR count). The summed E-state index contributed by atoms with van der Waals surface area (Å²) in [5, 5.41) is 9.11. The molecule has 0 spiro atoms. The van der Waals surface area contributed by atoms with E-state index in [1.807, 2.05) is 0 Å². The molecule has 0 bridgehead atoms. The van der Waals surface area contributed by atoms with Crippen LogP contribution < -0.4 is 4.72 Å². The van der Waals surface area contributed by atoms with E-state index in [-0.39, 0.29) is 21.2 Å². The predicted molar refractivity (Wildman–Crippen MR) is 83.4 cm³/mol. The molecule has 0 atom stereocenters. The van der Waals surface area contributed by atoms with Gasteiger partial charge in [-0.3, -0.25) is 4.72 Å². The number of hydrogen-bond acceptors (Lipinski definition) is 3. The largest absolute Gasteiger partial charge is 0.478 e. The SMILES string of the molecule is O=C(O)c1cccc(Cl)c1NS(=O)(=O)c1cccc(Br)c1. The number of para-hydroxylation sites is 1. The van der Waals surface area contributed by atoms with Crippen LogP contribution in [0.4, 0.5) is 5.69 Å². The number of benzene rings is 2. The average molecular weight is 391 g/mol. The fraction of sp³-hybridized carbons (Fsp3) is 0. The molecule has 0 aliphatic rings. The van der Waals surface area contributed by atoms with Crippen LogP contribution in [0.3, 0.4) is 0 Å². The molecule has 110 valence electrons. The quantitative estimate of drug-likeness (QED) is 0.835. The van der Waals surface area contributed by atoms with Gasteiger partial charge in [0.1, 0.15) is 0 Å². The van der Waals surface area contributed by atoms with E-state index < -0.39 is 16.0 Å². The number of carboxylic acids is 1. The third kappa shape index (κ3) is 3.55. The molecule has 2 aromatic carbocycles. The van der Waals surface area contributed by atoms with Crippen molar-refractivity contribution in [3.8, 4) is 0 Å². The molecule has 0 aliphatic carbocycles. The summed E-state index contributed by atoms with van der Waals surface area (Å²) in [4.78, 5) is 11.1. The molecule has 8 heteroatoms. The van der Waals surface area contributed by atoms with Gasteiger partial charge in [0, 0.05) is 4.47 Å². The second-order valence-corrected chi connectivity index (χ2v) is 7.04. The Morgan fingerprint density at radius 2 is 1.86 bits per heavy atom. The molecular weight excluding hydrogens is 382 g/mol. The first-order valence-corrected chi connectivity index (χ1v) is 8.27. The lowest BCUT2D eigenvalue weighted by atomic mass is 10.2. The number of aromatic carboxylic acids is 1. The van der Waals surface area contributed by atoms with E-state index >= 15 is 0 Å². The fourth-order valence-corrected chi connectivity index (χ4v) is 3.61. The second kappa shape index (κ2) is 6.05. The van der Waals surface area contributed by atoms with Crippen LogP contribution >= 0.6 is 27.5 Å². The molecular formula is C13H9BrClNO4S. The lowest BCUT2D eigenvalue weighted by Gasteiger charge is -2.12. The Kier molecular flexibility index (Phi) is 4.55. The Hall–Kier alpha value is -1.57. The number of hydrogen-bond donors (Lipinski definition) is 2. The van der Waals surface area contributed by atoms with E-state index in [0.717, 1.165) is 0 Å². The van der Waals surface area contributed by atoms with Crippen molar-refractivity contribution in [1.82, 2.24) is 0 Å². The number of sulfonamides is 1. The van der Waals surface area contributed by atoms with E-state index in [0.29, 0.717) is 4.47 Å². The average Bonchev–Trinajstić information content (AvgIpc) is 2.40. The van der Waals surface area contributed by atoms with Crippen LogP contribution in [-0.2, 0) is 10.0 Å². The smallest absolute Gasteiger partial charge is 0.337 e. The van der Waals surface area contributed by atoms with Gasteiger partial charge in [0.2, 0.25) is 0 Å². The predicted octanol–water partition coefficient (Wildman–Crippen LogP) is 3.60. The summed E-state index contributed by atoms with van der Waals surface area (Å²) in [6.07, 6.45) is 0. The summed E-state index contributed by atoms with van der Waals surface area (Å²) in [5.41, 5.74) is -0.382. The number of carbonyl (C=O) groups is 1. The van der Waals surface area contributed by atoms with E-state index in [1.54, 1.807) is 12.1 Å². The highest BCUT2D eigenvalue weighted by Gasteiger charge is 2.20. The van der Waals surface area contributed by atoms with E-state index in [2.05, 4.69) is 20.7 Å². The highest BCUT2D eigenvalue weighted by molar-refractivity contribution is 9.10. The number of anilines is 1. The third-order valence-electron chi connectivity index (χ3n) is 2.59. The Morgan fingerprint density at radius 1 is 1.19 bits per heavy atom. The fourth-order valence-electron chi connectivity index (χ4n) is 1.63. The molecule has 2 aromatic rings. The molecule has 2 N–H and O–H groups in total. The zero-order valence-electron chi connectivity index (χ0n) is 10.4. The van der Waals surface area contributed by atoms with E-state index in [1.165, 1.54) is 30.3 Å². The first-order valence-electron chi connectivity index (χ1n) is 5.61. The normalized spacial score (nSPS) is 11.1. The lowest BCUT2D eigenvalue weighted by molar-refractivity contribution is 0.0698. The maximum Gasteiger partial charge on any atom is 0.337 e. The van der Waals surface area contributed by atoms with Crippen LogP contribution in [0.15, 0.2) is 51.8 Å². The van der Waals surface area contributed by atoms with Gasteiger partial charge in [0.15, 0.2) is 0 Å². The van der Waals surface area contributed by atoms with Gasteiger partial charge in [0.25, 0.3) is 10.0 Å². The molecule has 0 fully saturated rings. The Bertz CT molecular complexity index is 808. The van der Waals surface area contributed by atoms with Gasteiger partial charge in [-0.25, -0.2) is 13.2 Å². The summed E-state index contributed by atoms with van der Waals surface area (Å²) in [6, 6.07) is 10.1. The molecule has 0 aliphatic heterocycles. The van der Waals surface area contributed by atoms with Crippen molar-refractivity contribution < 1.29 is 18.3 Å². The molecule has 0 saturated carbocycles. The van der Waals surface area contributed by atoms with Crippen LogP contribution in [0.5, 0.6) is 0 Å². The van der Waals surface area contributed by atoms with Gasteiger partial charge < -0.3 is 5.11 Å². The Morgan fingerprint density at radius 3 is 2.48 bits per heavy atom. The zero-order chi connectivity index (χ0) is 15.6. The van der Waals surface area contributed by atoms with Crippen molar-refractivity contribution in [2.75, 3.05) is 4.72 Å². The molecule has 0 saturated heterocycles. The number of carboxylic acid groups (broad SMARTS) is 1. The summed E-state index contributed by atoms with van der Waals surface area (Å²) >= 11 is 9.08. The minimum Gasteiger partial charge on any atom is -0.478 e. The van der Waals surface area contributed by atoms with Crippen LogP contribution in [0.25, 0.3) is 0 Å². The summed E-state index contributed by atoms with van der Waals surface area (Å²) in [5.74, 6) is -1.27. The molecule has 5 nitrogen and oxygen atoms in total. The molecule has 21 heavy (non-hydrogen) atoms. The first kappa shape index (κ1) is 15.8. The van der Waals surface area contributed by atoms with Crippen molar-refractivity contribution in [3.05, 3.63) is 57.5 Å². The Labute approximate surface area is 134 Å². The van der Waals surface area contributed by atoms with Crippen LogP contribution in [0, 0.1) is 0 Å². The van der Waals surface area contributed by atoms with Crippen molar-refractivity contribution in [3.63, 3.8) is 0 Å². The van der Waals surface area contributed by atoms with Gasteiger partial charge in [0.05, 0.1) is 21.2 Å². The first-order chi connectivity index (χ1) is 9.81. The molecule has 0 amide bonds. The monoisotopic (exact) mass is 389 g/mol. The number of nitrogens with one attached hydrogen (secondary N) is 1. The molecule has 0 heterocycles. The summed E-state index contributed by atoms with van der Waals surface area (Å²) in [6.45, 7) is 0. The van der Waals surface area contributed by atoms with E-state index in [9.17, 15) is 13.2 Å². The second-order valence-electron chi connectivity index (χ2n) is 4.03. The van der Waals surface area contributed by atoms with Gasteiger partial charge in [-0.1, -0.05) is 39.7 Å². The maximum atomic E-state index is 12.3. The molecule has 0 radical (unpaired) electrons. The zero-order valence-corrected chi connectivity index (χ0v) is 13.5. The highest BCUT2D eigenvalue weighted by Crippen LogP contribution is 2.29. The van der Waals surface area contributed by atoms with Gasteiger partial charge in [-0.05, 0) is 30.3 Å². The van der Waals surface area contributed by atoms with Crippen molar-refractivity contribution >= 4 is 49.2 Å². The maximum absolute atomic E-state index is 12.3. The van der Waals surface area contributed by atoms with Crippen LogP contribution in [0.1, 0.15) is 10.4 Å². The minimum atomic E-state index is -3.94. The third-order valence-corrected chi connectivity index (χ3v) is 4.74.